The summed E-state index contributed by atoms with van der Waals surface area (Å²) in [5.74, 6) is 1.44. The molecule has 164 valence electrons. The summed E-state index contributed by atoms with van der Waals surface area (Å²) in [5, 5.41) is 11.7. The maximum absolute atomic E-state index is 13.0. The van der Waals surface area contributed by atoms with Gasteiger partial charge in [-0.2, -0.15) is 0 Å². The van der Waals surface area contributed by atoms with Crippen LogP contribution < -0.4 is 14.8 Å². The van der Waals surface area contributed by atoms with E-state index in [2.05, 4.69) is 21.7 Å². The Kier molecular flexibility index (Phi) is 7.55. The minimum absolute atomic E-state index is 0. The quantitative estimate of drug-likeness (QED) is 0.751. The smallest absolute Gasteiger partial charge is 0.276 e. The lowest BCUT2D eigenvalue weighted by Crippen LogP contribution is -2.36. The zero-order valence-corrected chi connectivity index (χ0v) is 18.4. The van der Waals surface area contributed by atoms with Gasteiger partial charge in [-0.05, 0) is 69.5 Å². The number of ether oxygens (including phenoxy) is 2. The molecule has 8 nitrogen and oxygen atoms in total. The minimum Gasteiger partial charge on any atom is -0.490 e. The van der Waals surface area contributed by atoms with E-state index >= 15 is 0 Å². The summed E-state index contributed by atoms with van der Waals surface area (Å²) in [7, 11) is 0. The molecular formula is C21H30ClN5O3. The second-order valence-corrected chi connectivity index (χ2v) is 7.48. The summed E-state index contributed by atoms with van der Waals surface area (Å²) in [6.45, 7) is 8.23. The molecule has 1 aromatic carbocycles. The number of benzene rings is 1. The molecule has 3 heterocycles. The average molecular weight is 436 g/mol. The molecular weight excluding hydrogens is 406 g/mol. The predicted octanol–water partition coefficient (Wildman–Crippen LogP) is 2.62. The number of piperidine rings is 1. The molecule has 2 aromatic rings. The Bertz CT molecular complexity index is 866. The number of aromatic nitrogens is 3. The Morgan fingerprint density at radius 3 is 2.47 bits per heavy atom. The highest BCUT2D eigenvalue weighted by Crippen LogP contribution is 2.34. The fraction of sp³-hybridized carbons (Fsp3) is 0.571. The fourth-order valence-corrected chi connectivity index (χ4v) is 4.06. The third-order valence-electron chi connectivity index (χ3n) is 5.58. The lowest BCUT2D eigenvalue weighted by atomic mass is 9.98. The first-order valence-electron chi connectivity index (χ1n) is 10.5. The second-order valence-electron chi connectivity index (χ2n) is 7.48. The molecule has 0 unspecified atom stereocenters. The normalized spacial score (nSPS) is 16.5. The number of nitrogens with zero attached hydrogens (tertiary/aromatic N) is 4. The van der Waals surface area contributed by atoms with Crippen molar-refractivity contribution < 1.29 is 14.3 Å². The third-order valence-corrected chi connectivity index (χ3v) is 5.58. The van der Waals surface area contributed by atoms with E-state index in [-0.39, 0.29) is 18.3 Å². The van der Waals surface area contributed by atoms with Gasteiger partial charge in [-0.3, -0.25) is 4.79 Å². The maximum atomic E-state index is 13.0. The van der Waals surface area contributed by atoms with Gasteiger partial charge in [-0.1, -0.05) is 5.21 Å². The first-order valence-corrected chi connectivity index (χ1v) is 10.5. The van der Waals surface area contributed by atoms with Crippen LogP contribution in [0.5, 0.6) is 11.5 Å². The van der Waals surface area contributed by atoms with Gasteiger partial charge < -0.3 is 19.7 Å². The highest BCUT2D eigenvalue weighted by Gasteiger charge is 2.26. The van der Waals surface area contributed by atoms with Gasteiger partial charge in [0.15, 0.2) is 17.2 Å². The first-order chi connectivity index (χ1) is 14.2. The van der Waals surface area contributed by atoms with Gasteiger partial charge in [0.25, 0.3) is 5.91 Å². The second kappa shape index (κ2) is 10.1. The van der Waals surface area contributed by atoms with Crippen molar-refractivity contribution in [2.75, 3.05) is 32.8 Å². The summed E-state index contributed by atoms with van der Waals surface area (Å²) < 4.78 is 13.3. The monoisotopic (exact) mass is 435 g/mol. The van der Waals surface area contributed by atoms with Crippen LogP contribution in [0.4, 0.5) is 0 Å². The maximum Gasteiger partial charge on any atom is 0.276 e. The number of amides is 1. The Hall–Kier alpha value is -2.32. The van der Waals surface area contributed by atoms with Crippen molar-refractivity contribution in [1.29, 1.82) is 0 Å². The minimum atomic E-state index is -0.0670. The molecule has 1 amide bonds. The molecule has 0 spiro atoms. The van der Waals surface area contributed by atoms with Gasteiger partial charge in [-0.15, -0.1) is 17.5 Å². The molecule has 1 fully saturated rings. The molecule has 2 aliphatic heterocycles. The van der Waals surface area contributed by atoms with E-state index in [4.69, 9.17) is 9.47 Å². The Labute approximate surface area is 183 Å². The van der Waals surface area contributed by atoms with Crippen molar-refractivity contribution in [3.05, 3.63) is 35.2 Å². The summed E-state index contributed by atoms with van der Waals surface area (Å²) in [5.41, 5.74) is 2.73. The standard InChI is InChI=1S/C21H29N5O3.ClH/c1-3-28-19-11-15-7-10-25(13-16(15)12-20(19)29-4-2)21(27)18-14-26(24-23-18)17-5-8-22-9-6-17;/h11-12,14,17,22H,3-10,13H2,1-2H3;1H. The van der Waals surface area contributed by atoms with Crippen molar-refractivity contribution in [3.8, 4) is 11.5 Å². The molecule has 1 N–H and O–H groups in total. The molecule has 0 atom stereocenters. The Morgan fingerprint density at radius 1 is 1.13 bits per heavy atom. The number of fused-ring (bicyclic) bond motifs is 1. The van der Waals surface area contributed by atoms with Gasteiger partial charge in [0.05, 0.1) is 25.5 Å². The van der Waals surface area contributed by atoms with Crippen LogP contribution in [0, 0.1) is 0 Å². The summed E-state index contributed by atoms with van der Waals surface area (Å²) >= 11 is 0. The van der Waals surface area contributed by atoms with Crippen LogP contribution in [0.15, 0.2) is 18.3 Å². The molecule has 0 aliphatic carbocycles. The van der Waals surface area contributed by atoms with Crippen LogP contribution in [0.25, 0.3) is 0 Å². The molecule has 4 rings (SSSR count). The first kappa shape index (κ1) is 22.4. The molecule has 30 heavy (non-hydrogen) atoms. The van der Waals surface area contributed by atoms with Crippen molar-refractivity contribution in [2.24, 2.45) is 0 Å². The summed E-state index contributed by atoms with van der Waals surface area (Å²) in [6.07, 6.45) is 4.61. The van der Waals surface area contributed by atoms with Gasteiger partial charge in [0.2, 0.25) is 0 Å². The van der Waals surface area contributed by atoms with Crippen LogP contribution in [-0.4, -0.2) is 58.6 Å². The topological polar surface area (TPSA) is 81.5 Å². The van der Waals surface area contributed by atoms with E-state index < -0.39 is 0 Å². The van der Waals surface area contributed by atoms with Gasteiger partial charge in [-0.25, -0.2) is 4.68 Å². The number of rotatable bonds is 6. The SMILES string of the molecule is CCOc1cc2c(cc1OCC)CN(C(=O)c1cn(C3CCNCC3)nn1)CC2.Cl. The summed E-state index contributed by atoms with van der Waals surface area (Å²) in [6, 6.07) is 4.38. The average Bonchev–Trinajstić information content (AvgIpc) is 3.24. The lowest BCUT2D eigenvalue weighted by Gasteiger charge is -2.29. The zero-order valence-electron chi connectivity index (χ0n) is 17.6. The van der Waals surface area contributed by atoms with Crippen molar-refractivity contribution in [1.82, 2.24) is 25.2 Å². The van der Waals surface area contributed by atoms with Crippen molar-refractivity contribution in [3.63, 3.8) is 0 Å². The lowest BCUT2D eigenvalue weighted by molar-refractivity contribution is 0.0728. The van der Waals surface area contributed by atoms with E-state index in [9.17, 15) is 4.79 Å². The van der Waals surface area contributed by atoms with E-state index in [1.807, 2.05) is 29.5 Å². The molecule has 2 aliphatic rings. The third kappa shape index (κ3) is 4.70. The van der Waals surface area contributed by atoms with Crippen LogP contribution >= 0.6 is 12.4 Å². The van der Waals surface area contributed by atoms with Gasteiger partial charge >= 0.3 is 0 Å². The predicted molar refractivity (Wildman–Crippen MR) is 116 cm³/mol. The molecule has 9 heteroatoms. The van der Waals surface area contributed by atoms with Crippen LogP contribution in [0.3, 0.4) is 0 Å². The molecule has 0 bridgehead atoms. The van der Waals surface area contributed by atoms with Gasteiger partial charge in [0.1, 0.15) is 0 Å². The highest BCUT2D eigenvalue weighted by molar-refractivity contribution is 5.92. The van der Waals surface area contributed by atoms with Gasteiger partial charge in [0, 0.05) is 13.1 Å². The van der Waals surface area contributed by atoms with E-state index in [0.717, 1.165) is 49.4 Å². The molecule has 0 radical (unpaired) electrons. The van der Waals surface area contributed by atoms with E-state index in [1.54, 1.807) is 6.20 Å². The number of hydrogen-bond acceptors (Lipinski definition) is 6. The van der Waals surface area contributed by atoms with Crippen molar-refractivity contribution in [2.45, 2.75) is 45.7 Å². The number of halogens is 1. The summed E-state index contributed by atoms with van der Waals surface area (Å²) in [4.78, 5) is 14.9. The van der Waals surface area contributed by atoms with E-state index in [0.29, 0.717) is 38.0 Å². The largest absolute Gasteiger partial charge is 0.490 e. The van der Waals surface area contributed by atoms with Crippen molar-refractivity contribution >= 4 is 18.3 Å². The number of carbonyl (C=O) groups excluding carboxylic acids is 1. The van der Waals surface area contributed by atoms with Crippen LogP contribution in [-0.2, 0) is 13.0 Å². The molecule has 1 aromatic heterocycles. The molecule has 1 saturated heterocycles. The Morgan fingerprint density at radius 2 is 1.80 bits per heavy atom. The zero-order chi connectivity index (χ0) is 20.2. The number of hydrogen-bond donors (Lipinski definition) is 1. The number of carbonyl (C=O) groups is 1. The molecule has 0 saturated carbocycles. The van der Waals surface area contributed by atoms with E-state index in [1.165, 1.54) is 5.56 Å². The fourth-order valence-electron chi connectivity index (χ4n) is 4.06. The Balaban J connectivity index is 0.00000256. The van der Waals surface area contributed by atoms with Crippen LogP contribution in [0.1, 0.15) is 54.3 Å². The van der Waals surface area contributed by atoms with Crippen LogP contribution in [0.2, 0.25) is 0 Å². The number of nitrogens with one attached hydrogen (secondary N) is 1. The highest BCUT2D eigenvalue weighted by atomic mass is 35.5.